The van der Waals surface area contributed by atoms with Crippen LogP contribution in [0.4, 0.5) is 0 Å². The van der Waals surface area contributed by atoms with Crippen molar-refractivity contribution in [3.63, 3.8) is 0 Å². The fraction of sp³-hybridized carbons (Fsp3) is 0. The molecule has 0 saturated heterocycles. The van der Waals surface area contributed by atoms with Crippen LogP contribution in [0.1, 0.15) is 0 Å². The summed E-state index contributed by atoms with van der Waals surface area (Å²) in [6.07, 6.45) is 0. The van der Waals surface area contributed by atoms with Crippen molar-refractivity contribution in [1.29, 1.82) is 0 Å². The Morgan fingerprint density at radius 1 is 0.385 bits per heavy atom. The van der Waals surface area contributed by atoms with Gasteiger partial charge in [0, 0.05) is 0 Å². The molecular formula is C24H20SSe. The van der Waals surface area contributed by atoms with Crippen LogP contribution in [0, 0.1) is 0 Å². The number of benzene rings is 4. The third-order valence-electron chi connectivity index (χ3n) is 4.19. The van der Waals surface area contributed by atoms with Gasteiger partial charge in [0.05, 0.1) is 0 Å². The molecule has 4 rings (SSSR count). The Kier molecular flexibility index (Phi) is 5.26. The Bertz CT molecular complexity index is 842. The van der Waals surface area contributed by atoms with Gasteiger partial charge in [0.25, 0.3) is 0 Å². The van der Waals surface area contributed by atoms with Crippen molar-refractivity contribution in [1.82, 2.24) is 0 Å². The summed E-state index contributed by atoms with van der Waals surface area (Å²) in [6, 6.07) is 43.9. The van der Waals surface area contributed by atoms with E-state index in [4.69, 9.17) is 0 Å². The predicted octanol–water partition coefficient (Wildman–Crippen LogP) is 4.45. The van der Waals surface area contributed by atoms with Gasteiger partial charge in [-0.25, -0.2) is 0 Å². The summed E-state index contributed by atoms with van der Waals surface area (Å²) in [7, 11) is 2.05. The molecule has 0 saturated carbocycles. The van der Waals surface area contributed by atoms with Crippen LogP contribution in [0.15, 0.2) is 126 Å². The van der Waals surface area contributed by atoms with E-state index in [0.29, 0.717) is 0 Å². The van der Waals surface area contributed by atoms with Crippen LogP contribution < -0.4 is 13.4 Å². The zero-order chi connectivity index (χ0) is 17.7. The molecule has 0 aliphatic heterocycles. The molecule has 0 spiro atoms. The summed E-state index contributed by atoms with van der Waals surface area (Å²) in [6.45, 7) is 0. The molecule has 0 fully saturated rings. The van der Waals surface area contributed by atoms with Gasteiger partial charge in [-0.05, 0) is 0 Å². The van der Waals surface area contributed by atoms with Gasteiger partial charge >= 0.3 is 162 Å². The van der Waals surface area contributed by atoms with Crippen LogP contribution in [0.2, 0.25) is 0 Å². The molecule has 4 aromatic carbocycles. The first kappa shape index (κ1) is 17.2. The summed E-state index contributed by atoms with van der Waals surface area (Å²) in [5, 5.41) is 0. The predicted molar refractivity (Wildman–Crippen MR) is 116 cm³/mol. The molecular weight excluding hydrogens is 399 g/mol. The normalized spacial score (nSPS) is 11.8. The first-order chi connectivity index (χ1) is 12.9. The Morgan fingerprint density at radius 3 is 1.04 bits per heavy atom. The van der Waals surface area contributed by atoms with Crippen LogP contribution in [-0.2, 0) is 0 Å². The van der Waals surface area contributed by atoms with E-state index in [1.54, 1.807) is 0 Å². The quantitative estimate of drug-likeness (QED) is 0.431. The van der Waals surface area contributed by atoms with E-state index >= 15 is 0 Å². The van der Waals surface area contributed by atoms with Gasteiger partial charge in [-0.1, -0.05) is 0 Å². The molecule has 4 aromatic rings. The molecule has 0 heterocycles. The molecule has 2 heteroatoms. The van der Waals surface area contributed by atoms with E-state index in [1.807, 2.05) is 0 Å². The molecule has 0 aliphatic carbocycles. The van der Waals surface area contributed by atoms with E-state index in [0.717, 1.165) is 0 Å². The molecule has 0 nitrogen and oxygen atoms in total. The van der Waals surface area contributed by atoms with Crippen molar-refractivity contribution in [3.05, 3.63) is 121 Å². The number of hydrogen-bond acceptors (Lipinski definition) is 1. The maximum absolute atomic E-state index is 2.49. The summed E-state index contributed by atoms with van der Waals surface area (Å²) >= 11 is -2.49. The molecule has 0 atom stereocenters. The summed E-state index contributed by atoms with van der Waals surface area (Å²) in [5.41, 5.74) is 0. The van der Waals surface area contributed by atoms with Crippen molar-refractivity contribution < 1.29 is 0 Å². The van der Waals surface area contributed by atoms with Crippen molar-refractivity contribution in [2.24, 2.45) is 0 Å². The Balaban J connectivity index is 2.00. The zero-order valence-corrected chi connectivity index (χ0v) is 16.9. The third kappa shape index (κ3) is 3.37. The molecule has 0 radical (unpaired) electrons. The van der Waals surface area contributed by atoms with Gasteiger partial charge in [0.15, 0.2) is 0 Å². The Hall–Kier alpha value is -2.25. The molecule has 0 N–H and O–H groups in total. The minimum absolute atomic E-state index is 1.32. The molecule has 0 aromatic heterocycles. The van der Waals surface area contributed by atoms with Gasteiger partial charge in [0.2, 0.25) is 0 Å². The Morgan fingerprint density at radius 2 is 0.692 bits per heavy atom. The maximum atomic E-state index is 2.30. The van der Waals surface area contributed by atoms with Gasteiger partial charge in [0.1, 0.15) is 0 Å². The molecule has 0 unspecified atom stereocenters. The fourth-order valence-electron chi connectivity index (χ4n) is 3.01. The van der Waals surface area contributed by atoms with Crippen LogP contribution in [0.25, 0.3) is 0 Å². The van der Waals surface area contributed by atoms with E-state index in [1.165, 1.54) is 18.3 Å². The van der Waals surface area contributed by atoms with Crippen molar-refractivity contribution >= 4 is 35.3 Å². The zero-order valence-electron chi connectivity index (χ0n) is 14.4. The van der Waals surface area contributed by atoms with E-state index in [2.05, 4.69) is 132 Å². The van der Waals surface area contributed by atoms with Crippen LogP contribution in [-0.4, -0.2) is 11.7 Å². The van der Waals surface area contributed by atoms with E-state index < -0.39 is 11.7 Å². The number of rotatable bonds is 5. The van der Waals surface area contributed by atoms with Crippen molar-refractivity contribution in [2.75, 3.05) is 0 Å². The monoisotopic (exact) mass is 420 g/mol. The number of hydrogen-bond donors (Lipinski definition) is 0. The molecule has 0 amide bonds. The summed E-state index contributed by atoms with van der Waals surface area (Å²) in [4.78, 5) is 1.32. The SMILES string of the molecule is c1ccc(S[Se](c2ccccc2)(c2ccccc2)c2ccccc2)cc1. The van der Waals surface area contributed by atoms with Crippen LogP contribution >= 0.6 is 10.2 Å². The first-order valence-electron chi connectivity index (χ1n) is 8.63. The first-order valence-corrected chi connectivity index (χ1v) is 14.0. The van der Waals surface area contributed by atoms with Gasteiger partial charge in [-0.3, -0.25) is 0 Å². The van der Waals surface area contributed by atoms with Gasteiger partial charge < -0.3 is 0 Å². The Labute approximate surface area is 161 Å². The summed E-state index contributed by atoms with van der Waals surface area (Å²) in [5.74, 6) is 0. The average Bonchev–Trinajstić information content (AvgIpc) is 2.75. The minimum atomic E-state index is -2.49. The van der Waals surface area contributed by atoms with Crippen molar-refractivity contribution in [3.8, 4) is 0 Å². The summed E-state index contributed by atoms with van der Waals surface area (Å²) < 4.78 is 4.32. The van der Waals surface area contributed by atoms with Gasteiger partial charge in [-0.2, -0.15) is 0 Å². The topological polar surface area (TPSA) is 0 Å². The second-order valence-electron chi connectivity index (χ2n) is 5.89. The van der Waals surface area contributed by atoms with Crippen LogP contribution in [0.3, 0.4) is 0 Å². The molecule has 0 aliphatic rings. The third-order valence-corrected chi connectivity index (χ3v) is 16.6. The second-order valence-corrected chi connectivity index (χ2v) is 15.5. The second kappa shape index (κ2) is 7.97. The average molecular weight is 419 g/mol. The molecule has 0 bridgehead atoms. The van der Waals surface area contributed by atoms with E-state index in [-0.39, 0.29) is 0 Å². The fourth-order valence-corrected chi connectivity index (χ4v) is 15.0. The standard InChI is InChI=1S/C24H20SSe/c1-5-13-21(14-6-1)25-26(22-15-7-2-8-16-22,23-17-9-3-10-18-23)24-19-11-4-12-20-24/h1-20H. The van der Waals surface area contributed by atoms with Gasteiger partial charge in [-0.15, -0.1) is 0 Å². The molecule has 26 heavy (non-hydrogen) atoms. The van der Waals surface area contributed by atoms with Crippen molar-refractivity contribution in [2.45, 2.75) is 4.90 Å². The molecule has 128 valence electrons. The van der Waals surface area contributed by atoms with Crippen LogP contribution in [0.5, 0.6) is 0 Å². The van der Waals surface area contributed by atoms with E-state index in [9.17, 15) is 0 Å².